The number of aromatic nitrogens is 2. The molecule has 134 valence electrons. The van der Waals surface area contributed by atoms with Crippen molar-refractivity contribution in [2.75, 3.05) is 6.54 Å². The number of hydrogen-bond acceptors (Lipinski definition) is 5. The lowest BCUT2D eigenvalue weighted by Crippen LogP contribution is -2.36. The SMILES string of the molecule is Cn1c(=O)c(C(=O)NCC(=O)O)c(O)c2c(-c3ccc(O)cc3)ccn21. The largest absolute Gasteiger partial charge is 0.508 e. The van der Waals surface area contributed by atoms with Crippen LogP contribution in [0.25, 0.3) is 16.6 Å². The summed E-state index contributed by atoms with van der Waals surface area (Å²) in [6.45, 7) is -0.682. The van der Waals surface area contributed by atoms with E-state index in [1.165, 1.54) is 23.7 Å². The van der Waals surface area contributed by atoms with Crippen LogP contribution in [0.4, 0.5) is 0 Å². The summed E-state index contributed by atoms with van der Waals surface area (Å²) in [5, 5.41) is 30.8. The second kappa shape index (κ2) is 6.28. The van der Waals surface area contributed by atoms with E-state index in [0.29, 0.717) is 11.1 Å². The number of benzene rings is 1. The van der Waals surface area contributed by atoms with E-state index in [4.69, 9.17) is 5.11 Å². The van der Waals surface area contributed by atoms with Gasteiger partial charge in [0.25, 0.3) is 11.5 Å². The molecule has 3 aromatic rings. The first kappa shape index (κ1) is 17.1. The summed E-state index contributed by atoms with van der Waals surface area (Å²) in [7, 11) is 1.42. The van der Waals surface area contributed by atoms with E-state index >= 15 is 0 Å². The molecule has 0 unspecified atom stereocenters. The van der Waals surface area contributed by atoms with Crippen LogP contribution in [0.2, 0.25) is 0 Å². The summed E-state index contributed by atoms with van der Waals surface area (Å²) < 4.78 is 2.52. The summed E-state index contributed by atoms with van der Waals surface area (Å²) in [6.07, 6.45) is 1.55. The molecule has 0 aliphatic rings. The minimum absolute atomic E-state index is 0.0719. The Balaban J connectivity index is 2.23. The van der Waals surface area contributed by atoms with Crippen molar-refractivity contribution in [1.82, 2.24) is 14.5 Å². The van der Waals surface area contributed by atoms with Crippen LogP contribution in [-0.2, 0) is 11.8 Å². The van der Waals surface area contributed by atoms with Gasteiger partial charge in [0, 0.05) is 18.8 Å². The normalized spacial score (nSPS) is 10.8. The monoisotopic (exact) mass is 357 g/mol. The Hall–Kier alpha value is -3.75. The number of amides is 1. The second-order valence-electron chi connectivity index (χ2n) is 5.60. The minimum atomic E-state index is -1.27. The highest BCUT2D eigenvalue weighted by Crippen LogP contribution is 2.33. The van der Waals surface area contributed by atoms with Gasteiger partial charge in [0.1, 0.15) is 23.4 Å². The third-order valence-corrected chi connectivity index (χ3v) is 3.96. The predicted molar refractivity (Wildman–Crippen MR) is 91.4 cm³/mol. The van der Waals surface area contributed by atoms with Crippen molar-refractivity contribution in [3.63, 3.8) is 0 Å². The lowest BCUT2D eigenvalue weighted by atomic mass is 10.1. The maximum atomic E-state index is 12.4. The van der Waals surface area contributed by atoms with E-state index in [1.807, 2.05) is 0 Å². The number of fused-ring (bicyclic) bond motifs is 1. The zero-order valence-corrected chi connectivity index (χ0v) is 13.6. The number of phenolic OH excluding ortho intramolecular Hbond substituents is 1. The van der Waals surface area contributed by atoms with E-state index in [1.54, 1.807) is 24.4 Å². The number of phenols is 1. The Morgan fingerprint density at radius 1 is 1.12 bits per heavy atom. The van der Waals surface area contributed by atoms with Crippen LogP contribution in [0.3, 0.4) is 0 Å². The van der Waals surface area contributed by atoms with Gasteiger partial charge in [-0.1, -0.05) is 12.1 Å². The number of carbonyl (C=O) groups excluding carboxylic acids is 1. The molecule has 0 atom stereocenters. The highest BCUT2D eigenvalue weighted by Gasteiger charge is 2.24. The molecule has 0 saturated carbocycles. The molecule has 0 aliphatic carbocycles. The number of carboxylic acids is 1. The molecule has 2 aromatic heterocycles. The van der Waals surface area contributed by atoms with Gasteiger partial charge in [-0.15, -0.1) is 0 Å². The minimum Gasteiger partial charge on any atom is -0.508 e. The first-order chi connectivity index (χ1) is 12.3. The maximum Gasteiger partial charge on any atom is 0.322 e. The van der Waals surface area contributed by atoms with Crippen LogP contribution < -0.4 is 10.9 Å². The molecule has 4 N–H and O–H groups in total. The molecule has 2 heterocycles. The second-order valence-corrected chi connectivity index (χ2v) is 5.60. The average molecular weight is 357 g/mol. The number of carboxylic acid groups (broad SMARTS) is 1. The van der Waals surface area contributed by atoms with Gasteiger partial charge in [-0.05, 0) is 23.8 Å². The van der Waals surface area contributed by atoms with Crippen LogP contribution in [0.1, 0.15) is 10.4 Å². The van der Waals surface area contributed by atoms with E-state index in [0.717, 1.165) is 4.68 Å². The third-order valence-electron chi connectivity index (χ3n) is 3.96. The van der Waals surface area contributed by atoms with Crippen molar-refractivity contribution in [3.05, 3.63) is 52.4 Å². The highest BCUT2D eigenvalue weighted by atomic mass is 16.4. The zero-order chi connectivity index (χ0) is 19.0. The molecule has 0 bridgehead atoms. The van der Waals surface area contributed by atoms with Gasteiger partial charge in [-0.2, -0.15) is 0 Å². The molecule has 9 nitrogen and oxygen atoms in total. The maximum absolute atomic E-state index is 12.4. The molecule has 1 aromatic carbocycles. The Bertz CT molecular complexity index is 1080. The lowest BCUT2D eigenvalue weighted by Gasteiger charge is -2.12. The zero-order valence-electron chi connectivity index (χ0n) is 13.6. The van der Waals surface area contributed by atoms with Crippen LogP contribution >= 0.6 is 0 Å². The highest BCUT2D eigenvalue weighted by molar-refractivity contribution is 6.01. The molecular weight excluding hydrogens is 342 g/mol. The molecule has 3 rings (SSSR count). The summed E-state index contributed by atoms with van der Waals surface area (Å²) in [6, 6.07) is 7.84. The average Bonchev–Trinajstić information content (AvgIpc) is 3.04. The molecular formula is C17H15N3O6. The van der Waals surface area contributed by atoms with E-state index < -0.39 is 35.3 Å². The van der Waals surface area contributed by atoms with Gasteiger partial charge in [-0.25, -0.2) is 4.68 Å². The predicted octanol–water partition coefficient (Wildman–Crippen LogP) is 0.531. The molecule has 9 heteroatoms. The number of hydrogen-bond donors (Lipinski definition) is 4. The Morgan fingerprint density at radius 2 is 1.77 bits per heavy atom. The molecule has 1 amide bonds. The molecule has 0 saturated heterocycles. The molecule has 26 heavy (non-hydrogen) atoms. The lowest BCUT2D eigenvalue weighted by molar-refractivity contribution is -0.135. The van der Waals surface area contributed by atoms with Crippen LogP contribution in [-0.4, -0.2) is 42.9 Å². The number of aromatic hydroxyl groups is 2. The van der Waals surface area contributed by atoms with Crippen molar-refractivity contribution in [2.45, 2.75) is 0 Å². The number of nitrogens with one attached hydrogen (secondary N) is 1. The van der Waals surface area contributed by atoms with Crippen LogP contribution in [0.5, 0.6) is 11.5 Å². The number of nitrogens with zero attached hydrogens (tertiary/aromatic N) is 2. The molecule has 0 radical (unpaired) electrons. The Labute approximate surface area is 146 Å². The fourth-order valence-electron chi connectivity index (χ4n) is 2.71. The van der Waals surface area contributed by atoms with Gasteiger partial charge in [0.15, 0.2) is 5.75 Å². The van der Waals surface area contributed by atoms with Gasteiger partial charge in [0.05, 0.1) is 0 Å². The number of rotatable bonds is 4. The van der Waals surface area contributed by atoms with Crippen molar-refractivity contribution >= 4 is 17.4 Å². The topological polar surface area (TPSA) is 133 Å². The van der Waals surface area contributed by atoms with Crippen molar-refractivity contribution < 1.29 is 24.9 Å². The summed E-state index contributed by atoms with van der Waals surface area (Å²) >= 11 is 0. The van der Waals surface area contributed by atoms with Crippen LogP contribution in [0.15, 0.2) is 41.3 Å². The Kier molecular flexibility index (Phi) is 4.13. The smallest absolute Gasteiger partial charge is 0.322 e. The van der Waals surface area contributed by atoms with E-state index in [2.05, 4.69) is 5.32 Å². The van der Waals surface area contributed by atoms with Gasteiger partial charge in [-0.3, -0.25) is 18.9 Å². The summed E-state index contributed by atoms with van der Waals surface area (Å²) in [4.78, 5) is 35.3. The van der Waals surface area contributed by atoms with E-state index in [9.17, 15) is 24.6 Å². The molecule has 0 fully saturated rings. The molecule has 0 spiro atoms. The van der Waals surface area contributed by atoms with Crippen molar-refractivity contribution in [1.29, 1.82) is 0 Å². The van der Waals surface area contributed by atoms with Crippen molar-refractivity contribution in [2.24, 2.45) is 7.05 Å². The fourth-order valence-corrected chi connectivity index (χ4v) is 2.71. The summed E-state index contributed by atoms with van der Waals surface area (Å²) in [5.41, 5.74) is 0.0746. The number of aliphatic carboxylic acids is 1. The van der Waals surface area contributed by atoms with Gasteiger partial charge in [0.2, 0.25) is 0 Å². The van der Waals surface area contributed by atoms with Gasteiger partial charge >= 0.3 is 5.97 Å². The third kappa shape index (κ3) is 2.75. The van der Waals surface area contributed by atoms with E-state index in [-0.39, 0.29) is 11.3 Å². The quantitative estimate of drug-likeness (QED) is 0.538. The Morgan fingerprint density at radius 3 is 2.38 bits per heavy atom. The standard InChI is InChI=1S/C17H15N3O6/c1-19-17(26)13(16(25)18-8-12(22)23)15(24)14-11(6-7-20(14)19)9-2-4-10(21)5-3-9/h2-7,21,24H,8H2,1H3,(H,18,25)(H,22,23). The first-order valence-corrected chi connectivity index (χ1v) is 7.54. The fraction of sp³-hybridized carbons (Fsp3) is 0.118. The van der Waals surface area contributed by atoms with Crippen LogP contribution in [0, 0.1) is 0 Å². The number of carbonyl (C=O) groups is 2. The first-order valence-electron chi connectivity index (χ1n) is 7.54. The van der Waals surface area contributed by atoms with Crippen molar-refractivity contribution in [3.8, 4) is 22.6 Å². The number of aryl methyl sites for hydroxylation is 1. The molecule has 0 aliphatic heterocycles. The summed E-state index contributed by atoms with van der Waals surface area (Å²) in [5.74, 6) is -2.74. The van der Waals surface area contributed by atoms with Gasteiger partial charge < -0.3 is 20.6 Å².